The monoisotopic (exact) mass is 361 g/mol. The lowest BCUT2D eigenvalue weighted by molar-refractivity contribution is 0.102. The van der Waals surface area contributed by atoms with Crippen molar-refractivity contribution in [3.8, 4) is 11.5 Å². The van der Waals surface area contributed by atoms with E-state index in [0.717, 1.165) is 21.2 Å². The molecule has 1 heterocycles. The number of fused-ring (bicyclic) bond motifs is 1. The fourth-order valence-corrected chi connectivity index (χ4v) is 3.03. The summed E-state index contributed by atoms with van der Waals surface area (Å²) in [6.45, 7) is 0. The van der Waals surface area contributed by atoms with Crippen LogP contribution in [0.3, 0.4) is 0 Å². The van der Waals surface area contributed by atoms with Crippen molar-refractivity contribution in [2.24, 2.45) is 0 Å². The summed E-state index contributed by atoms with van der Waals surface area (Å²) in [5, 5.41) is 12.6. The SMILES string of the molecule is CSc1ccc(-c2nnc(NC(=O)c3ccc4ccccc4c3)o2)cc1. The van der Waals surface area contributed by atoms with Crippen molar-refractivity contribution in [3.05, 3.63) is 72.3 Å². The average molecular weight is 361 g/mol. The second-order valence-electron chi connectivity index (χ2n) is 5.66. The van der Waals surface area contributed by atoms with Gasteiger partial charge in [0.05, 0.1) is 0 Å². The van der Waals surface area contributed by atoms with Crippen molar-refractivity contribution in [2.45, 2.75) is 4.90 Å². The normalized spacial score (nSPS) is 10.8. The van der Waals surface area contributed by atoms with Crippen LogP contribution in [-0.4, -0.2) is 22.4 Å². The van der Waals surface area contributed by atoms with Gasteiger partial charge < -0.3 is 4.42 Å². The Morgan fingerprint density at radius 3 is 2.50 bits per heavy atom. The van der Waals surface area contributed by atoms with E-state index in [2.05, 4.69) is 15.5 Å². The summed E-state index contributed by atoms with van der Waals surface area (Å²) in [5.74, 6) is 0.0788. The van der Waals surface area contributed by atoms with E-state index >= 15 is 0 Å². The number of carbonyl (C=O) groups excluding carboxylic acids is 1. The summed E-state index contributed by atoms with van der Waals surface area (Å²) in [6, 6.07) is 21.3. The van der Waals surface area contributed by atoms with E-state index in [1.165, 1.54) is 0 Å². The molecule has 0 atom stereocenters. The molecule has 0 spiro atoms. The molecule has 0 fully saturated rings. The zero-order chi connectivity index (χ0) is 17.9. The molecule has 0 saturated heterocycles. The zero-order valence-corrected chi connectivity index (χ0v) is 14.8. The fraction of sp³-hybridized carbons (Fsp3) is 0.0500. The molecule has 1 amide bonds. The highest BCUT2D eigenvalue weighted by molar-refractivity contribution is 7.98. The van der Waals surface area contributed by atoms with E-state index in [0.29, 0.717) is 11.5 Å². The van der Waals surface area contributed by atoms with Crippen LogP contribution in [0, 0.1) is 0 Å². The molecular weight excluding hydrogens is 346 g/mol. The Bertz CT molecular complexity index is 1070. The summed E-state index contributed by atoms with van der Waals surface area (Å²) in [7, 11) is 0. The van der Waals surface area contributed by atoms with Gasteiger partial charge in [-0.05, 0) is 53.4 Å². The minimum Gasteiger partial charge on any atom is -0.403 e. The van der Waals surface area contributed by atoms with Gasteiger partial charge in [0.15, 0.2) is 0 Å². The summed E-state index contributed by atoms with van der Waals surface area (Å²) in [6.07, 6.45) is 2.02. The molecule has 128 valence electrons. The Kier molecular flexibility index (Phi) is 4.41. The van der Waals surface area contributed by atoms with Crippen molar-refractivity contribution in [2.75, 3.05) is 11.6 Å². The summed E-state index contributed by atoms with van der Waals surface area (Å²) < 4.78 is 5.56. The molecule has 0 unspecified atom stereocenters. The van der Waals surface area contributed by atoms with Gasteiger partial charge in [-0.3, -0.25) is 10.1 Å². The number of nitrogens with one attached hydrogen (secondary N) is 1. The minimum atomic E-state index is -0.288. The highest BCUT2D eigenvalue weighted by Crippen LogP contribution is 2.23. The van der Waals surface area contributed by atoms with Crippen molar-refractivity contribution < 1.29 is 9.21 Å². The Balaban J connectivity index is 1.53. The maximum atomic E-state index is 12.4. The maximum Gasteiger partial charge on any atom is 0.322 e. The first-order valence-electron chi connectivity index (χ1n) is 8.01. The number of hydrogen-bond donors (Lipinski definition) is 1. The summed E-state index contributed by atoms with van der Waals surface area (Å²) in [5.41, 5.74) is 1.34. The molecule has 0 radical (unpaired) electrons. The largest absolute Gasteiger partial charge is 0.403 e. The molecule has 0 aliphatic rings. The Morgan fingerprint density at radius 1 is 0.962 bits per heavy atom. The van der Waals surface area contributed by atoms with Gasteiger partial charge in [-0.2, -0.15) is 0 Å². The van der Waals surface area contributed by atoms with E-state index in [1.54, 1.807) is 17.8 Å². The van der Waals surface area contributed by atoms with Crippen LogP contribution >= 0.6 is 11.8 Å². The summed E-state index contributed by atoms with van der Waals surface area (Å²) >= 11 is 1.66. The second-order valence-corrected chi connectivity index (χ2v) is 6.54. The van der Waals surface area contributed by atoms with E-state index in [9.17, 15) is 4.79 Å². The number of carbonyl (C=O) groups is 1. The number of rotatable bonds is 4. The van der Waals surface area contributed by atoms with Crippen LogP contribution in [0.15, 0.2) is 76.0 Å². The van der Waals surface area contributed by atoms with Crippen LogP contribution in [0.4, 0.5) is 6.01 Å². The first-order valence-corrected chi connectivity index (χ1v) is 9.23. The molecule has 4 rings (SSSR count). The van der Waals surface area contributed by atoms with Crippen LogP contribution in [-0.2, 0) is 0 Å². The first kappa shape index (κ1) is 16.4. The van der Waals surface area contributed by atoms with Gasteiger partial charge in [-0.15, -0.1) is 16.9 Å². The van der Waals surface area contributed by atoms with Gasteiger partial charge in [-0.25, -0.2) is 0 Å². The van der Waals surface area contributed by atoms with Crippen LogP contribution in [0.1, 0.15) is 10.4 Å². The Labute approximate surface area is 154 Å². The highest BCUT2D eigenvalue weighted by atomic mass is 32.2. The van der Waals surface area contributed by atoms with Crippen molar-refractivity contribution in [3.63, 3.8) is 0 Å². The zero-order valence-electron chi connectivity index (χ0n) is 14.0. The standard InChI is InChI=1S/C20H15N3O2S/c1-26-17-10-8-14(9-11-17)19-22-23-20(25-19)21-18(24)16-7-6-13-4-2-3-5-15(13)12-16/h2-12H,1H3,(H,21,23,24). The number of amides is 1. The summed E-state index contributed by atoms with van der Waals surface area (Å²) in [4.78, 5) is 13.6. The number of benzene rings is 3. The number of anilines is 1. The quantitative estimate of drug-likeness (QED) is 0.526. The average Bonchev–Trinajstić information content (AvgIpc) is 3.16. The van der Waals surface area contributed by atoms with Gasteiger partial charge in [-0.1, -0.05) is 35.4 Å². The number of nitrogens with zero attached hydrogens (tertiary/aromatic N) is 2. The second kappa shape index (κ2) is 7.01. The molecule has 26 heavy (non-hydrogen) atoms. The third-order valence-corrected chi connectivity index (χ3v) is 4.74. The van der Waals surface area contributed by atoms with Crippen LogP contribution < -0.4 is 5.32 Å². The Hall–Kier alpha value is -3.12. The lowest BCUT2D eigenvalue weighted by Gasteiger charge is -2.03. The van der Waals surface area contributed by atoms with E-state index in [-0.39, 0.29) is 11.9 Å². The fourth-order valence-electron chi connectivity index (χ4n) is 2.62. The molecule has 0 bridgehead atoms. The molecule has 5 nitrogen and oxygen atoms in total. The van der Waals surface area contributed by atoms with Crippen LogP contribution in [0.25, 0.3) is 22.2 Å². The van der Waals surface area contributed by atoms with Crippen LogP contribution in [0.2, 0.25) is 0 Å². The van der Waals surface area contributed by atoms with Gasteiger partial charge in [0.25, 0.3) is 5.91 Å². The van der Waals surface area contributed by atoms with Gasteiger partial charge in [0.1, 0.15) is 0 Å². The van der Waals surface area contributed by atoms with Crippen molar-refractivity contribution in [1.29, 1.82) is 0 Å². The third-order valence-electron chi connectivity index (χ3n) is 3.99. The van der Waals surface area contributed by atoms with Crippen molar-refractivity contribution in [1.82, 2.24) is 10.2 Å². The Morgan fingerprint density at radius 2 is 1.73 bits per heavy atom. The van der Waals surface area contributed by atoms with E-state index < -0.39 is 0 Å². The predicted octanol–water partition coefficient (Wildman–Crippen LogP) is 4.86. The third kappa shape index (κ3) is 3.32. The topological polar surface area (TPSA) is 68.0 Å². The van der Waals surface area contributed by atoms with Gasteiger partial charge in [0, 0.05) is 16.0 Å². The molecule has 6 heteroatoms. The van der Waals surface area contributed by atoms with Crippen molar-refractivity contribution >= 4 is 34.5 Å². The molecular formula is C20H15N3O2S. The minimum absolute atomic E-state index is 0.0760. The first-order chi connectivity index (χ1) is 12.7. The molecule has 0 aliphatic heterocycles. The number of aromatic nitrogens is 2. The van der Waals surface area contributed by atoms with E-state index in [1.807, 2.05) is 66.9 Å². The van der Waals surface area contributed by atoms with Gasteiger partial charge in [0.2, 0.25) is 5.89 Å². The molecule has 1 N–H and O–H groups in total. The smallest absolute Gasteiger partial charge is 0.322 e. The maximum absolute atomic E-state index is 12.4. The van der Waals surface area contributed by atoms with E-state index in [4.69, 9.17) is 4.42 Å². The molecule has 4 aromatic rings. The highest BCUT2D eigenvalue weighted by Gasteiger charge is 2.13. The molecule has 1 aromatic heterocycles. The van der Waals surface area contributed by atoms with Crippen LogP contribution in [0.5, 0.6) is 0 Å². The molecule has 0 aliphatic carbocycles. The predicted molar refractivity (Wildman–Crippen MR) is 103 cm³/mol. The molecule has 3 aromatic carbocycles. The number of hydrogen-bond acceptors (Lipinski definition) is 5. The lowest BCUT2D eigenvalue weighted by Crippen LogP contribution is -2.12. The van der Waals surface area contributed by atoms with Gasteiger partial charge >= 0.3 is 6.01 Å². The molecule has 0 saturated carbocycles. The number of thioether (sulfide) groups is 1. The lowest BCUT2D eigenvalue weighted by atomic mass is 10.1.